The fourth-order valence-corrected chi connectivity index (χ4v) is 2.24. The van der Waals surface area contributed by atoms with E-state index in [0.29, 0.717) is 23.1 Å². The molecule has 1 aromatic heterocycles. The van der Waals surface area contributed by atoms with Gasteiger partial charge in [0, 0.05) is 5.02 Å². The highest BCUT2D eigenvalue weighted by Crippen LogP contribution is 2.26. The zero-order valence-corrected chi connectivity index (χ0v) is 12.2. The lowest BCUT2D eigenvalue weighted by Crippen LogP contribution is -2.28. The summed E-state index contributed by atoms with van der Waals surface area (Å²) in [7, 11) is 0. The minimum Gasteiger partial charge on any atom is -0.483 e. The van der Waals surface area contributed by atoms with Crippen LogP contribution < -0.4 is 10.1 Å². The molecular formula is C15H16ClNO3. The molecule has 2 aromatic rings. The molecule has 0 bridgehead atoms. The van der Waals surface area contributed by atoms with Gasteiger partial charge in [0.05, 0.1) is 12.8 Å². The third-order valence-electron chi connectivity index (χ3n) is 2.81. The van der Waals surface area contributed by atoms with E-state index in [9.17, 15) is 4.79 Å². The van der Waals surface area contributed by atoms with Gasteiger partial charge in [0.2, 0.25) is 0 Å². The third-order valence-corrected chi connectivity index (χ3v) is 3.03. The summed E-state index contributed by atoms with van der Waals surface area (Å²) in [6, 6.07) is 7.20. The lowest BCUT2D eigenvalue weighted by Gasteiger charge is -2.12. The summed E-state index contributed by atoms with van der Waals surface area (Å²) in [5.41, 5.74) is 1.82. The quantitative estimate of drug-likeness (QED) is 0.920. The highest BCUT2D eigenvalue weighted by atomic mass is 35.5. The number of aryl methyl sites for hydroxylation is 2. The van der Waals surface area contributed by atoms with Crippen LogP contribution in [0.1, 0.15) is 16.9 Å². The van der Waals surface area contributed by atoms with Crippen molar-refractivity contribution in [3.63, 3.8) is 0 Å². The van der Waals surface area contributed by atoms with E-state index in [2.05, 4.69) is 5.32 Å². The van der Waals surface area contributed by atoms with Crippen LogP contribution in [0.5, 0.6) is 5.75 Å². The van der Waals surface area contributed by atoms with Crippen LogP contribution in [0.4, 0.5) is 0 Å². The van der Waals surface area contributed by atoms with E-state index in [4.69, 9.17) is 20.8 Å². The molecule has 0 saturated heterocycles. The number of amides is 1. The monoisotopic (exact) mass is 293 g/mol. The largest absolute Gasteiger partial charge is 0.483 e. The molecule has 0 saturated carbocycles. The number of halogens is 1. The number of ether oxygens (including phenoxy) is 1. The van der Waals surface area contributed by atoms with Crippen LogP contribution in [0.3, 0.4) is 0 Å². The predicted molar refractivity (Wildman–Crippen MR) is 77.0 cm³/mol. The van der Waals surface area contributed by atoms with Gasteiger partial charge >= 0.3 is 0 Å². The normalized spacial score (nSPS) is 10.3. The molecule has 0 unspecified atom stereocenters. The van der Waals surface area contributed by atoms with Crippen molar-refractivity contribution >= 4 is 17.5 Å². The molecule has 4 nitrogen and oxygen atoms in total. The zero-order chi connectivity index (χ0) is 14.5. The Bertz CT molecular complexity index is 570. The average Bonchev–Trinajstić information content (AvgIpc) is 2.88. The van der Waals surface area contributed by atoms with E-state index in [1.54, 1.807) is 18.4 Å². The molecule has 2 rings (SSSR count). The maximum atomic E-state index is 11.7. The molecule has 1 aromatic carbocycles. The lowest BCUT2D eigenvalue weighted by atomic mass is 10.1. The van der Waals surface area contributed by atoms with Crippen molar-refractivity contribution in [1.82, 2.24) is 5.32 Å². The van der Waals surface area contributed by atoms with E-state index in [-0.39, 0.29) is 12.5 Å². The first-order chi connectivity index (χ1) is 9.56. The van der Waals surface area contributed by atoms with Crippen molar-refractivity contribution < 1.29 is 13.9 Å². The van der Waals surface area contributed by atoms with Crippen LogP contribution in [0.2, 0.25) is 5.02 Å². The number of carbonyl (C=O) groups excluding carboxylic acids is 1. The summed E-state index contributed by atoms with van der Waals surface area (Å²) < 4.78 is 10.7. The molecular weight excluding hydrogens is 278 g/mol. The van der Waals surface area contributed by atoms with Crippen molar-refractivity contribution in [2.45, 2.75) is 20.4 Å². The predicted octanol–water partition coefficient (Wildman–Crippen LogP) is 3.25. The second-order valence-electron chi connectivity index (χ2n) is 4.51. The van der Waals surface area contributed by atoms with Crippen LogP contribution in [-0.4, -0.2) is 12.5 Å². The van der Waals surface area contributed by atoms with Crippen molar-refractivity contribution in [1.29, 1.82) is 0 Å². The first kappa shape index (κ1) is 14.5. The fourth-order valence-electron chi connectivity index (χ4n) is 1.91. The molecule has 5 heteroatoms. The Kier molecular flexibility index (Phi) is 4.69. The highest BCUT2D eigenvalue weighted by Gasteiger charge is 2.09. The summed E-state index contributed by atoms with van der Waals surface area (Å²) >= 11 is 5.95. The summed E-state index contributed by atoms with van der Waals surface area (Å²) in [4.78, 5) is 11.7. The Balaban J connectivity index is 1.87. The molecule has 0 aliphatic heterocycles. The van der Waals surface area contributed by atoms with Gasteiger partial charge in [0.1, 0.15) is 11.5 Å². The summed E-state index contributed by atoms with van der Waals surface area (Å²) in [6.45, 7) is 4.11. The maximum Gasteiger partial charge on any atom is 0.258 e. The molecule has 0 fully saturated rings. The van der Waals surface area contributed by atoms with E-state index in [1.165, 1.54) is 0 Å². The molecule has 1 amide bonds. The van der Waals surface area contributed by atoms with Crippen molar-refractivity contribution in [3.8, 4) is 5.75 Å². The first-order valence-corrected chi connectivity index (χ1v) is 6.62. The van der Waals surface area contributed by atoms with Crippen molar-refractivity contribution in [2.75, 3.05) is 6.61 Å². The van der Waals surface area contributed by atoms with Gasteiger partial charge in [-0.1, -0.05) is 11.6 Å². The van der Waals surface area contributed by atoms with Gasteiger partial charge in [-0.2, -0.15) is 0 Å². The van der Waals surface area contributed by atoms with Crippen molar-refractivity contribution in [3.05, 3.63) is 52.4 Å². The Morgan fingerprint density at radius 2 is 2.05 bits per heavy atom. The number of hydrogen-bond donors (Lipinski definition) is 1. The zero-order valence-electron chi connectivity index (χ0n) is 11.4. The first-order valence-electron chi connectivity index (χ1n) is 6.25. The molecule has 0 spiro atoms. The number of nitrogens with one attached hydrogen (secondary N) is 1. The fraction of sp³-hybridized carbons (Fsp3) is 0.267. The standard InChI is InChI=1S/C15H16ClNO3/c1-10-6-12(16)7-11(2)15(10)20-9-14(18)17-8-13-4-3-5-19-13/h3-7H,8-9H2,1-2H3,(H,17,18). The summed E-state index contributed by atoms with van der Waals surface area (Å²) in [5.74, 6) is 1.20. The van der Waals surface area contributed by atoms with Crippen LogP contribution in [0.25, 0.3) is 0 Å². The molecule has 20 heavy (non-hydrogen) atoms. The summed E-state index contributed by atoms with van der Waals surface area (Å²) in [6.07, 6.45) is 1.57. The van der Waals surface area contributed by atoms with Crippen LogP contribution in [0.15, 0.2) is 34.9 Å². The van der Waals surface area contributed by atoms with Crippen LogP contribution in [0, 0.1) is 13.8 Å². The number of hydrogen-bond acceptors (Lipinski definition) is 3. The van der Waals surface area contributed by atoms with Gasteiger partial charge in [-0.05, 0) is 49.2 Å². The van der Waals surface area contributed by atoms with Gasteiger partial charge in [-0.3, -0.25) is 4.79 Å². The van der Waals surface area contributed by atoms with Gasteiger partial charge in [-0.25, -0.2) is 0 Å². The van der Waals surface area contributed by atoms with E-state index < -0.39 is 0 Å². The average molecular weight is 294 g/mol. The molecule has 1 N–H and O–H groups in total. The van der Waals surface area contributed by atoms with E-state index >= 15 is 0 Å². The second kappa shape index (κ2) is 6.48. The number of benzene rings is 1. The van der Waals surface area contributed by atoms with E-state index in [0.717, 1.165) is 11.1 Å². The maximum absolute atomic E-state index is 11.7. The smallest absolute Gasteiger partial charge is 0.258 e. The topological polar surface area (TPSA) is 51.5 Å². The second-order valence-corrected chi connectivity index (χ2v) is 4.95. The third kappa shape index (κ3) is 3.78. The molecule has 0 aliphatic rings. The SMILES string of the molecule is Cc1cc(Cl)cc(C)c1OCC(=O)NCc1ccco1. The Morgan fingerprint density at radius 3 is 2.65 bits per heavy atom. The lowest BCUT2D eigenvalue weighted by molar-refractivity contribution is -0.123. The number of rotatable bonds is 5. The molecule has 0 atom stereocenters. The van der Waals surface area contributed by atoms with Crippen LogP contribution in [-0.2, 0) is 11.3 Å². The van der Waals surface area contributed by atoms with Crippen LogP contribution >= 0.6 is 11.6 Å². The molecule has 0 aliphatic carbocycles. The summed E-state index contributed by atoms with van der Waals surface area (Å²) in [5, 5.41) is 3.38. The highest BCUT2D eigenvalue weighted by molar-refractivity contribution is 6.30. The van der Waals surface area contributed by atoms with Crippen molar-refractivity contribution in [2.24, 2.45) is 0 Å². The minimum absolute atomic E-state index is 0.0377. The molecule has 1 heterocycles. The van der Waals surface area contributed by atoms with Gasteiger partial charge < -0.3 is 14.5 Å². The Labute approximate surface area is 122 Å². The van der Waals surface area contributed by atoms with E-state index in [1.807, 2.05) is 26.0 Å². The molecule has 0 radical (unpaired) electrons. The minimum atomic E-state index is -0.199. The number of carbonyl (C=O) groups is 1. The van der Waals surface area contributed by atoms with Gasteiger partial charge in [0.15, 0.2) is 6.61 Å². The number of furan rings is 1. The Morgan fingerprint density at radius 1 is 1.35 bits per heavy atom. The van der Waals surface area contributed by atoms with Gasteiger partial charge in [-0.15, -0.1) is 0 Å². The Hall–Kier alpha value is -1.94. The molecule has 106 valence electrons. The van der Waals surface area contributed by atoms with Gasteiger partial charge in [0.25, 0.3) is 5.91 Å².